The van der Waals surface area contributed by atoms with Crippen LogP contribution in [0.25, 0.3) is 0 Å². The molecule has 0 spiro atoms. The molecule has 1 saturated carbocycles. The van der Waals surface area contributed by atoms with E-state index in [1.807, 2.05) is 20.8 Å². The first kappa shape index (κ1) is 16.4. The number of hydrogen-bond donors (Lipinski definition) is 1. The van der Waals surface area contributed by atoms with Crippen LogP contribution in [-0.2, 0) is 14.3 Å². The first-order valence-electron chi connectivity index (χ1n) is 7.37. The Balaban J connectivity index is 2.29. The third kappa shape index (κ3) is 5.49. The van der Waals surface area contributed by atoms with Crippen molar-refractivity contribution >= 4 is 5.97 Å². The van der Waals surface area contributed by atoms with Crippen LogP contribution in [0.4, 0.5) is 0 Å². The fraction of sp³-hybridized carbons (Fsp3) is 0.933. The Hall–Kier alpha value is -0.610. The molecule has 0 aromatic rings. The van der Waals surface area contributed by atoms with E-state index in [1.165, 1.54) is 6.42 Å². The Morgan fingerprint density at radius 2 is 1.84 bits per heavy atom. The lowest BCUT2D eigenvalue weighted by atomic mass is 9.76. The average molecular weight is 271 g/mol. The molecule has 1 aliphatic carbocycles. The normalized spacial score (nSPS) is 28.2. The van der Waals surface area contributed by atoms with Crippen LogP contribution in [-0.4, -0.2) is 30.3 Å². The highest BCUT2D eigenvalue weighted by Crippen LogP contribution is 2.32. The van der Waals surface area contributed by atoms with E-state index >= 15 is 0 Å². The Morgan fingerprint density at radius 3 is 2.32 bits per heavy atom. The molecule has 0 aromatic heterocycles. The van der Waals surface area contributed by atoms with Gasteiger partial charge in [0.1, 0.15) is 12.1 Å². The van der Waals surface area contributed by atoms with Crippen molar-refractivity contribution in [3.8, 4) is 0 Å². The molecular formula is C15H29NO3. The summed E-state index contributed by atoms with van der Waals surface area (Å²) < 4.78 is 10.8. The van der Waals surface area contributed by atoms with Gasteiger partial charge < -0.3 is 15.2 Å². The summed E-state index contributed by atoms with van der Waals surface area (Å²) in [5.74, 6) is 0.452. The molecule has 0 bridgehead atoms. The standard InChI is InChI=1S/C15H29NO3/c1-5-12-6-8-15(16,9-7-12)13(17)18-10-11-19-14(2,3)4/h12H,5-11,16H2,1-4H3. The van der Waals surface area contributed by atoms with Gasteiger partial charge in [-0.3, -0.25) is 4.79 Å². The second-order valence-electron chi connectivity index (χ2n) is 6.60. The first-order chi connectivity index (χ1) is 8.77. The maximum absolute atomic E-state index is 12.0. The molecule has 4 heteroatoms. The number of carbonyl (C=O) groups excluding carboxylic acids is 1. The van der Waals surface area contributed by atoms with E-state index in [1.54, 1.807) is 0 Å². The molecule has 1 fully saturated rings. The minimum Gasteiger partial charge on any atom is -0.462 e. The molecule has 0 saturated heterocycles. The minimum atomic E-state index is -0.770. The van der Waals surface area contributed by atoms with Crippen LogP contribution in [0.15, 0.2) is 0 Å². The van der Waals surface area contributed by atoms with Gasteiger partial charge in [-0.2, -0.15) is 0 Å². The Morgan fingerprint density at radius 1 is 1.26 bits per heavy atom. The fourth-order valence-corrected chi connectivity index (χ4v) is 2.43. The Kier molecular flexibility index (Phi) is 5.81. The summed E-state index contributed by atoms with van der Waals surface area (Å²) in [7, 11) is 0. The summed E-state index contributed by atoms with van der Waals surface area (Å²) in [6.45, 7) is 8.83. The fourth-order valence-electron chi connectivity index (χ4n) is 2.43. The molecule has 0 aliphatic heterocycles. The molecule has 0 aromatic carbocycles. The van der Waals surface area contributed by atoms with Crippen LogP contribution in [0.2, 0.25) is 0 Å². The molecule has 112 valence electrons. The zero-order valence-electron chi connectivity index (χ0n) is 12.8. The van der Waals surface area contributed by atoms with Crippen LogP contribution in [0.5, 0.6) is 0 Å². The second kappa shape index (κ2) is 6.71. The molecule has 0 heterocycles. The van der Waals surface area contributed by atoms with Crippen LogP contribution < -0.4 is 5.73 Å². The summed E-state index contributed by atoms with van der Waals surface area (Å²) in [5, 5.41) is 0. The van der Waals surface area contributed by atoms with Crippen molar-refractivity contribution in [1.82, 2.24) is 0 Å². The van der Waals surface area contributed by atoms with E-state index in [-0.39, 0.29) is 18.2 Å². The third-order valence-electron chi connectivity index (χ3n) is 3.83. The van der Waals surface area contributed by atoms with Gasteiger partial charge in [0, 0.05) is 0 Å². The molecule has 19 heavy (non-hydrogen) atoms. The highest BCUT2D eigenvalue weighted by molar-refractivity contribution is 5.80. The number of ether oxygens (including phenoxy) is 2. The van der Waals surface area contributed by atoms with E-state index < -0.39 is 5.54 Å². The number of esters is 1. The maximum Gasteiger partial charge on any atom is 0.326 e. The predicted molar refractivity (Wildman–Crippen MR) is 75.8 cm³/mol. The van der Waals surface area contributed by atoms with Crippen LogP contribution in [0.1, 0.15) is 59.8 Å². The van der Waals surface area contributed by atoms with Gasteiger partial charge in [0.25, 0.3) is 0 Å². The molecule has 0 unspecified atom stereocenters. The molecule has 2 N–H and O–H groups in total. The van der Waals surface area contributed by atoms with E-state index in [4.69, 9.17) is 15.2 Å². The SMILES string of the molecule is CCC1CCC(N)(C(=O)OCCOC(C)(C)C)CC1. The quantitative estimate of drug-likeness (QED) is 0.617. The largest absolute Gasteiger partial charge is 0.462 e. The van der Waals surface area contributed by atoms with Crippen molar-refractivity contribution in [3.05, 3.63) is 0 Å². The van der Waals surface area contributed by atoms with Gasteiger partial charge in [-0.1, -0.05) is 13.3 Å². The summed E-state index contributed by atoms with van der Waals surface area (Å²) in [5.41, 5.74) is 5.20. The molecule has 1 rings (SSSR count). The molecule has 1 aliphatic rings. The average Bonchev–Trinajstić information content (AvgIpc) is 2.34. The van der Waals surface area contributed by atoms with Gasteiger partial charge >= 0.3 is 5.97 Å². The number of nitrogens with two attached hydrogens (primary N) is 1. The highest BCUT2D eigenvalue weighted by atomic mass is 16.6. The van der Waals surface area contributed by atoms with Gasteiger partial charge in [0.05, 0.1) is 12.2 Å². The van der Waals surface area contributed by atoms with Crippen molar-refractivity contribution in [3.63, 3.8) is 0 Å². The zero-order chi connectivity index (χ0) is 14.5. The number of rotatable bonds is 5. The summed E-state index contributed by atoms with van der Waals surface area (Å²) >= 11 is 0. The van der Waals surface area contributed by atoms with Crippen molar-refractivity contribution < 1.29 is 14.3 Å². The van der Waals surface area contributed by atoms with E-state index in [2.05, 4.69) is 6.92 Å². The van der Waals surface area contributed by atoms with Gasteiger partial charge in [0.15, 0.2) is 0 Å². The molecule has 4 nitrogen and oxygen atoms in total. The van der Waals surface area contributed by atoms with Crippen LogP contribution in [0.3, 0.4) is 0 Å². The summed E-state index contributed by atoms with van der Waals surface area (Å²) in [4.78, 5) is 12.0. The van der Waals surface area contributed by atoms with Crippen LogP contribution >= 0.6 is 0 Å². The molecule has 0 atom stereocenters. The van der Waals surface area contributed by atoms with Crippen LogP contribution in [0, 0.1) is 5.92 Å². The highest BCUT2D eigenvalue weighted by Gasteiger charge is 2.39. The van der Waals surface area contributed by atoms with Gasteiger partial charge in [-0.25, -0.2) is 0 Å². The summed E-state index contributed by atoms with van der Waals surface area (Å²) in [6.07, 6.45) is 4.71. The maximum atomic E-state index is 12.0. The van der Waals surface area contributed by atoms with Gasteiger partial charge in [0.2, 0.25) is 0 Å². The monoisotopic (exact) mass is 271 g/mol. The topological polar surface area (TPSA) is 61.6 Å². The molecular weight excluding hydrogens is 242 g/mol. The minimum absolute atomic E-state index is 0.202. The second-order valence-corrected chi connectivity index (χ2v) is 6.60. The van der Waals surface area contributed by atoms with Gasteiger partial charge in [-0.15, -0.1) is 0 Å². The summed E-state index contributed by atoms with van der Waals surface area (Å²) in [6, 6.07) is 0. The van der Waals surface area contributed by atoms with Crippen molar-refractivity contribution in [1.29, 1.82) is 0 Å². The Labute approximate surface area is 117 Å². The van der Waals surface area contributed by atoms with E-state index in [0.29, 0.717) is 12.5 Å². The van der Waals surface area contributed by atoms with Crippen molar-refractivity contribution in [2.45, 2.75) is 70.9 Å². The van der Waals surface area contributed by atoms with Gasteiger partial charge in [-0.05, 0) is 52.4 Å². The Bertz CT molecular complexity index is 288. The predicted octanol–water partition coefficient (Wildman–Crippen LogP) is 2.64. The third-order valence-corrected chi connectivity index (χ3v) is 3.83. The van der Waals surface area contributed by atoms with Crippen molar-refractivity contribution in [2.24, 2.45) is 11.7 Å². The lowest BCUT2D eigenvalue weighted by Crippen LogP contribution is -2.51. The lowest BCUT2D eigenvalue weighted by Gasteiger charge is -2.34. The van der Waals surface area contributed by atoms with Crippen molar-refractivity contribution in [2.75, 3.05) is 13.2 Å². The van der Waals surface area contributed by atoms with E-state index in [9.17, 15) is 4.79 Å². The number of hydrogen-bond acceptors (Lipinski definition) is 4. The lowest BCUT2D eigenvalue weighted by molar-refractivity contribution is -0.155. The smallest absolute Gasteiger partial charge is 0.326 e. The number of carbonyl (C=O) groups is 1. The zero-order valence-corrected chi connectivity index (χ0v) is 12.8. The molecule has 0 radical (unpaired) electrons. The molecule has 0 amide bonds. The first-order valence-corrected chi connectivity index (χ1v) is 7.37. The van der Waals surface area contributed by atoms with E-state index in [0.717, 1.165) is 25.7 Å².